The van der Waals surface area contributed by atoms with Crippen molar-refractivity contribution in [3.8, 4) is 5.75 Å². The highest BCUT2D eigenvalue weighted by Gasteiger charge is 2.09. The first-order valence-electron chi connectivity index (χ1n) is 9.20. The van der Waals surface area contributed by atoms with Gasteiger partial charge in [0.15, 0.2) is 0 Å². The molecule has 26 heavy (non-hydrogen) atoms. The lowest BCUT2D eigenvalue weighted by molar-refractivity contribution is 0.469. The zero-order chi connectivity index (χ0) is 18.5. The van der Waals surface area contributed by atoms with Crippen LogP contribution in [0.3, 0.4) is 0 Å². The lowest BCUT2D eigenvalue weighted by atomic mass is 9.92. The Morgan fingerprint density at radius 2 is 1.46 bits per heavy atom. The standard InChI is InChI=1S/C24H27OP/c1-17-12-21(10-11-26)13-18(2)23(17)16-20-8-9-24(25)22(15-20)14-19-6-4-3-5-7-19/h3-9,12-13,15,25H,10-11,14,16,26H2,1-2H3. The summed E-state index contributed by atoms with van der Waals surface area (Å²) in [7, 11) is 2.80. The molecule has 2 heteroatoms. The van der Waals surface area contributed by atoms with E-state index in [1.165, 1.54) is 33.4 Å². The molecule has 0 heterocycles. The largest absolute Gasteiger partial charge is 0.508 e. The van der Waals surface area contributed by atoms with E-state index in [0.29, 0.717) is 5.75 Å². The van der Waals surface area contributed by atoms with Crippen molar-refractivity contribution >= 4 is 9.24 Å². The Morgan fingerprint density at radius 1 is 0.769 bits per heavy atom. The van der Waals surface area contributed by atoms with Gasteiger partial charge in [-0.25, -0.2) is 0 Å². The second-order valence-corrected chi connectivity index (χ2v) is 7.63. The summed E-state index contributed by atoms with van der Waals surface area (Å²) < 4.78 is 0. The molecule has 0 saturated heterocycles. The summed E-state index contributed by atoms with van der Waals surface area (Å²) >= 11 is 0. The van der Waals surface area contributed by atoms with Gasteiger partial charge < -0.3 is 5.11 Å². The zero-order valence-electron chi connectivity index (χ0n) is 15.6. The summed E-state index contributed by atoms with van der Waals surface area (Å²) in [6.07, 6.45) is 3.86. The van der Waals surface area contributed by atoms with Crippen LogP contribution in [0.5, 0.6) is 5.75 Å². The molecule has 1 unspecified atom stereocenters. The monoisotopic (exact) mass is 362 g/mol. The van der Waals surface area contributed by atoms with E-state index < -0.39 is 0 Å². The number of benzene rings is 3. The van der Waals surface area contributed by atoms with Crippen molar-refractivity contribution in [2.75, 3.05) is 6.16 Å². The van der Waals surface area contributed by atoms with Crippen molar-refractivity contribution < 1.29 is 5.11 Å². The van der Waals surface area contributed by atoms with Crippen LogP contribution in [-0.2, 0) is 19.3 Å². The van der Waals surface area contributed by atoms with E-state index in [1.807, 2.05) is 30.3 Å². The average Bonchev–Trinajstić information content (AvgIpc) is 2.62. The minimum Gasteiger partial charge on any atom is -0.508 e. The van der Waals surface area contributed by atoms with Crippen LogP contribution in [-0.4, -0.2) is 11.3 Å². The van der Waals surface area contributed by atoms with Gasteiger partial charge in [-0.1, -0.05) is 54.6 Å². The molecule has 0 amide bonds. The maximum absolute atomic E-state index is 10.3. The van der Waals surface area contributed by atoms with Gasteiger partial charge in [-0.15, -0.1) is 9.24 Å². The Kier molecular flexibility index (Phi) is 6.12. The van der Waals surface area contributed by atoms with Gasteiger partial charge in [-0.2, -0.15) is 0 Å². The fourth-order valence-electron chi connectivity index (χ4n) is 3.58. The molecule has 1 nitrogen and oxygen atoms in total. The minimum atomic E-state index is 0.377. The molecule has 3 aromatic rings. The van der Waals surface area contributed by atoms with E-state index in [0.717, 1.165) is 31.0 Å². The summed E-state index contributed by atoms with van der Waals surface area (Å²) in [5.41, 5.74) is 8.98. The third-order valence-corrected chi connectivity index (χ3v) is 5.24. The number of hydrogen-bond acceptors (Lipinski definition) is 1. The molecule has 3 rings (SSSR count). The Balaban J connectivity index is 1.86. The third kappa shape index (κ3) is 4.54. The summed E-state index contributed by atoms with van der Waals surface area (Å²) in [6.45, 7) is 4.42. The fraction of sp³-hybridized carbons (Fsp3) is 0.250. The quantitative estimate of drug-likeness (QED) is 0.565. The molecule has 0 aliphatic rings. The van der Waals surface area contributed by atoms with E-state index >= 15 is 0 Å². The number of aromatic hydroxyl groups is 1. The molecule has 0 saturated carbocycles. The van der Waals surface area contributed by atoms with Gasteiger partial charge in [0.25, 0.3) is 0 Å². The number of hydrogen-bond donors (Lipinski definition) is 1. The second kappa shape index (κ2) is 8.52. The van der Waals surface area contributed by atoms with E-state index in [2.05, 4.69) is 53.4 Å². The molecule has 0 bridgehead atoms. The summed E-state index contributed by atoms with van der Waals surface area (Å²) in [4.78, 5) is 0. The van der Waals surface area contributed by atoms with E-state index in [-0.39, 0.29) is 0 Å². The zero-order valence-corrected chi connectivity index (χ0v) is 16.8. The highest BCUT2D eigenvalue weighted by molar-refractivity contribution is 7.16. The van der Waals surface area contributed by atoms with Gasteiger partial charge in [0.05, 0.1) is 0 Å². The van der Waals surface area contributed by atoms with Gasteiger partial charge in [-0.05, 0) is 77.9 Å². The van der Waals surface area contributed by atoms with Crippen molar-refractivity contribution in [3.63, 3.8) is 0 Å². The van der Waals surface area contributed by atoms with Crippen LogP contribution in [0.4, 0.5) is 0 Å². The Bertz CT molecular complexity index is 861. The molecular weight excluding hydrogens is 335 g/mol. The lowest BCUT2D eigenvalue weighted by Gasteiger charge is -2.14. The minimum absolute atomic E-state index is 0.377. The molecular formula is C24H27OP. The summed E-state index contributed by atoms with van der Waals surface area (Å²) in [5.74, 6) is 0.377. The van der Waals surface area contributed by atoms with Crippen molar-refractivity contribution in [1.82, 2.24) is 0 Å². The second-order valence-electron chi connectivity index (χ2n) is 7.05. The Morgan fingerprint density at radius 3 is 2.12 bits per heavy atom. The Labute approximate surface area is 159 Å². The lowest BCUT2D eigenvalue weighted by Crippen LogP contribution is -2.00. The van der Waals surface area contributed by atoms with Gasteiger partial charge in [-0.3, -0.25) is 0 Å². The Hall–Kier alpha value is -2.11. The molecule has 0 aliphatic heterocycles. The summed E-state index contributed by atoms with van der Waals surface area (Å²) in [6, 6.07) is 21.0. The van der Waals surface area contributed by atoms with Crippen LogP contribution >= 0.6 is 9.24 Å². The van der Waals surface area contributed by atoms with Crippen LogP contribution < -0.4 is 0 Å². The maximum Gasteiger partial charge on any atom is 0.119 e. The normalized spacial score (nSPS) is 10.9. The third-order valence-electron chi connectivity index (χ3n) is 4.95. The molecule has 3 aromatic carbocycles. The smallest absolute Gasteiger partial charge is 0.119 e. The van der Waals surface area contributed by atoms with E-state index in [4.69, 9.17) is 0 Å². The van der Waals surface area contributed by atoms with Crippen molar-refractivity contribution in [1.29, 1.82) is 0 Å². The number of phenols is 1. The van der Waals surface area contributed by atoms with Crippen LogP contribution in [0.15, 0.2) is 60.7 Å². The van der Waals surface area contributed by atoms with Crippen LogP contribution in [0.1, 0.15) is 38.9 Å². The predicted octanol–water partition coefficient (Wildman–Crippen LogP) is 5.61. The van der Waals surface area contributed by atoms with Gasteiger partial charge in [0.1, 0.15) is 5.75 Å². The molecule has 0 aromatic heterocycles. The van der Waals surface area contributed by atoms with E-state index in [9.17, 15) is 5.11 Å². The van der Waals surface area contributed by atoms with Crippen LogP contribution in [0.2, 0.25) is 0 Å². The van der Waals surface area contributed by atoms with Gasteiger partial charge >= 0.3 is 0 Å². The highest BCUT2D eigenvalue weighted by atomic mass is 31.0. The van der Waals surface area contributed by atoms with Crippen molar-refractivity contribution in [2.24, 2.45) is 0 Å². The molecule has 0 spiro atoms. The van der Waals surface area contributed by atoms with E-state index in [1.54, 1.807) is 0 Å². The topological polar surface area (TPSA) is 20.2 Å². The van der Waals surface area contributed by atoms with Crippen LogP contribution in [0, 0.1) is 13.8 Å². The van der Waals surface area contributed by atoms with Crippen LogP contribution in [0.25, 0.3) is 0 Å². The molecule has 1 N–H and O–H groups in total. The molecule has 0 fully saturated rings. The number of rotatable bonds is 6. The van der Waals surface area contributed by atoms with Gasteiger partial charge in [0.2, 0.25) is 0 Å². The SMILES string of the molecule is Cc1cc(CCP)cc(C)c1Cc1ccc(O)c(Cc2ccccc2)c1. The molecule has 0 aliphatic carbocycles. The van der Waals surface area contributed by atoms with Crippen molar-refractivity contribution in [2.45, 2.75) is 33.1 Å². The highest BCUT2D eigenvalue weighted by Crippen LogP contribution is 2.26. The summed E-state index contributed by atoms with van der Waals surface area (Å²) in [5, 5.41) is 10.3. The van der Waals surface area contributed by atoms with Crippen molar-refractivity contribution in [3.05, 3.63) is 99.6 Å². The molecule has 134 valence electrons. The first kappa shape index (κ1) is 18.7. The molecule has 0 radical (unpaired) electrons. The number of phenolic OH excluding ortho intramolecular Hbond substituents is 1. The first-order chi connectivity index (χ1) is 12.6. The van der Waals surface area contributed by atoms with Gasteiger partial charge in [0, 0.05) is 6.42 Å². The first-order valence-corrected chi connectivity index (χ1v) is 10.0. The average molecular weight is 362 g/mol. The predicted molar refractivity (Wildman–Crippen MR) is 114 cm³/mol. The maximum atomic E-state index is 10.3. The molecule has 1 atom stereocenters. The number of aryl methyl sites for hydroxylation is 3. The fourth-order valence-corrected chi connectivity index (χ4v) is 3.92.